The molecule has 0 amide bonds. The molecule has 2 rings (SSSR count). The van der Waals surface area contributed by atoms with Gasteiger partial charge in [0, 0.05) is 0 Å². The van der Waals surface area contributed by atoms with E-state index in [1.54, 1.807) is 0 Å². The Morgan fingerprint density at radius 2 is 1.75 bits per heavy atom. The van der Waals surface area contributed by atoms with Crippen molar-refractivity contribution in [3.63, 3.8) is 0 Å². The molecule has 0 atom stereocenters. The summed E-state index contributed by atoms with van der Waals surface area (Å²) in [6, 6.07) is 6.52. The van der Waals surface area contributed by atoms with Gasteiger partial charge in [0.25, 0.3) is 0 Å². The Kier molecular flexibility index (Phi) is 5.06. The minimum absolute atomic E-state index is 0. The Balaban J connectivity index is 0.000000605. The SMILES string of the molecule is [CH2-]c1ccc2c(c1)CCC2.[CH3-].[U+2]. The molecule has 0 fully saturated rings. The van der Waals surface area contributed by atoms with Crippen LogP contribution in [-0.4, -0.2) is 0 Å². The van der Waals surface area contributed by atoms with Crippen molar-refractivity contribution in [1.82, 2.24) is 0 Å². The second kappa shape index (κ2) is 5.00. The molecule has 0 spiro atoms. The molecule has 1 heteroatoms. The Hall–Kier alpha value is 0.142. The summed E-state index contributed by atoms with van der Waals surface area (Å²) in [6.45, 7) is 3.90. The van der Waals surface area contributed by atoms with Crippen LogP contribution < -0.4 is 0 Å². The minimum atomic E-state index is 0. The molecule has 0 radical (unpaired) electrons. The Bertz CT molecular complexity index is 253. The van der Waals surface area contributed by atoms with E-state index < -0.39 is 0 Å². The maximum Gasteiger partial charge on any atom is 2.00 e. The van der Waals surface area contributed by atoms with Crippen LogP contribution >= 0.6 is 0 Å². The fraction of sp³-hybridized carbons (Fsp3) is 0.273. The minimum Gasteiger partial charge on any atom is -0.358 e. The van der Waals surface area contributed by atoms with Crippen LogP contribution in [0.2, 0.25) is 0 Å². The quantitative estimate of drug-likeness (QED) is 0.604. The van der Waals surface area contributed by atoms with E-state index in [-0.39, 0.29) is 38.5 Å². The third-order valence-corrected chi connectivity index (χ3v) is 2.16. The summed E-state index contributed by atoms with van der Waals surface area (Å²) in [5.74, 6) is 0. The van der Waals surface area contributed by atoms with Crippen molar-refractivity contribution in [3.8, 4) is 0 Å². The summed E-state index contributed by atoms with van der Waals surface area (Å²) < 4.78 is 0. The summed E-state index contributed by atoms with van der Waals surface area (Å²) in [5.41, 5.74) is 4.21. The fourth-order valence-electron chi connectivity index (χ4n) is 1.63. The van der Waals surface area contributed by atoms with E-state index in [0.29, 0.717) is 0 Å². The van der Waals surface area contributed by atoms with Gasteiger partial charge in [-0.3, -0.25) is 0 Å². The molecule has 0 saturated heterocycles. The first kappa shape index (κ1) is 12.1. The van der Waals surface area contributed by atoms with Gasteiger partial charge in [0.1, 0.15) is 0 Å². The van der Waals surface area contributed by atoms with E-state index in [4.69, 9.17) is 0 Å². The first-order chi connectivity index (χ1) is 4.86. The summed E-state index contributed by atoms with van der Waals surface area (Å²) in [6.07, 6.45) is 3.87. The van der Waals surface area contributed by atoms with Crippen molar-refractivity contribution in [2.75, 3.05) is 0 Å². The predicted molar refractivity (Wildman–Crippen MR) is 49.3 cm³/mol. The Morgan fingerprint density at radius 3 is 2.50 bits per heavy atom. The molecule has 0 N–H and O–H groups in total. The van der Waals surface area contributed by atoms with E-state index >= 15 is 0 Å². The van der Waals surface area contributed by atoms with Crippen LogP contribution in [0.1, 0.15) is 23.1 Å². The van der Waals surface area contributed by atoms with Crippen molar-refractivity contribution < 1.29 is 31.1 Å². The molecule has 0 aromatic heterocycles. The van der Waals surface area contributed by atoms with Gasteiger partial charge in [-0.25, -0.2) is 0 Å². The summed E-state index contributed by atoms with van der Waals surface area (Å²) in [5, 5.41) is 0. The number of rotatable bonds is 0. The number of hydrogen-bond donors (Lipinski definition) is 0. The van der Waals surface area contributed by atoms with E-state index in [9.17, 15) is 0 Å². The van der Waals surface area contributed by atoms with Crippen LogP contribution in [0, 0.1) is 45.5 Å². The predicted octanol–water partition coefficient (Wildman–Crippen LogP) is 2.81. The van der Waals surface area contributed by atoms with E-state index in [1.165, 1.54) is 30.4 Å². The first-order valence-corrected chi connectivity index (χ1v) is 3.80. The van der Waals surface area contributed by atoms with Gasteiger partial charge in [-0.05, 0) is 19.3 Å². The van der Waals surface area contributed by atoms with Gasteiger partial charge in [-0.1, -0.05) is 5.56 Å². The molecular formula is C11H14U. The van der Waals surface area contributed by atoms with Crippen LogP contribution in [0.15, 0.2) is 18.2 Å². The van der Waals surface area contributed by atoms with Crippen LogP contribution in [-0.2, 0) is 12.8 Å². The molecule has 0 saturated carbocycles. The van der Waals surface area contributed by atoms with E-state index in [0.717, 1.165) is 5.56 Å². The number of fused-ring (bicyclic) bond motifs is 1. The van der Waals surface area contributed by atoms with Gasteiger partial charge < -0.3 is 7.43 Å². The molecular weight excluding hydrogens is 370 g/mol. The molecule has 62 valence electrons. The van der Waals surface area contributed by atoms with Gasteiger partial charge in [-0.2, -0.15) is 24.6 Å². The molecule has 0 bridgehead atoms. The van der Waals surface area contributed by atoms with Crippen LogP contribution in [0.5, 0.6) is 0 Å². The molecule has 1 aromatic rings. The molecule has 0 nitrogen and oxygen atoms in total. The van der Waals surface area contributed by atoms with Crippen molar-refractivity contribution in [2.24, 2.45) is 0 Å². The first-order valence-electron chi connectivity index (χ1n) is 3.80. The molecule has 1 aromatic carbocycles. The Labute approximate surface area is 99.1 Å². The third kappa shape index (κ3) is 2.31. The van der Waals surface area contributed by atoms with E-state index in [2.05, 4.69) is 25.1 Å². The van der Waals surface area contributed by atoms with Gasteiger partial charge >= 0.3 is 31.1 Å². The van der Waals surface area contributed by atoms with Crippen molar-refractivity contribution in [1.29, 1.82) is 0 Å². The average molecular weight is 384 g/mol. The number of aryl methyl sites for hydroxylation is 2. The Morgan fingerprint density at radius 1 is 1.08 bits per heavy atom. The summed E-state index contributed by atoms with van der Waals surface area (Å²) >= 11 is 0. The maximum absolute atomic E-state index is 3.90. The van der Waals surface area contributed by atoms with Crippen molar-refractivity contribution >= 4 is 0 Å². The van der Waals surface area contributed by atoms with Gasteiger partial charge in [0.15, 0.2) is 0 Å². The van der Waals surface area contributed by atoms with Gasteiger partial charge in [-0.15, -0.1) is 11.6 Å². The third-order valence-electron chi connectivity index (χ3n) is 2.16. The van der Waals surface area contributed by atoms with Gasteiger partial charge in [0.05, 0.1) is 0 Å². The normalized spacial score (nSPS) is 12.7. The molecule has 12 heavy (non-hydrogen) atoms. The van der Waals surface area contributed by atoms with Crippen molar-refractivity contribution in [3.05, 3.63) is 49.2 Å². The average Bonchev–Trinajstić information content (AvgIpc) is 2.33. The second-order valence-corrected chi connectivity index (χ2v) is 2.96. The summed E-state index contributed by atoms with van der Waals surface area (Å²) in [4.78, 5) is 0. The number of benzene rings is 1. The zero-order valence-electron chi connectivity index (χ0n) is 7.56. The molecule has 1 aliphatic rings. The monoisotopic (exact) mass is 384 g/mol. The maximum atomic E-state index is 3.90. The van der Waals surface area contributed by atoms with E-state index in [1.807, 2.05) is 0 Å². The smallest absolute Gasteiger partial charge is 0.358 e. The summed E-state index contributed by atoms with van der Waals surface area (Å²) in [7, 11) is 0. The largest absolute Gasteiger partial charge is 2.00 e. The van der Waals surface area contributed by atoms with Gasteiger partial charge in [0.2, 0.25) is 0 Å². The zero-order valence-corrected chi connectivity index (χ0v) is 11.7. The fourth-order valence-corrected chi connectivity index (χ4v) is 1.63. The molecule has 0 heterocycles. The molecule has 1 aliphatic carbocycles. The molecule has 0 aliphatic heterocycles. The van der Waals surface area contributed by atoms with Crippen LogP contribution in [0.3, 0.4) is 0 Å². The van der Waals surface area contributed by atoms with Crippen molar-refractivity contribution in [2.45, 2.75) is 19.3 Å². The zero-order chi connectivity index (χ0) is 6.97. The standard InChI is InChI=1S/C10H11.CH3.U/c1-8-5-6-9-3-2-4-10(9)7-8;;/h5-7H,1-4H2;1H3;/q2*-1;+2. The molecule has 0 unspecified atom stereocenters. The van der Waals surface area contributed by atoms with Crippen LogP contribution in [0.4, 0.5) is 0 Å². The number of hydrogen-bond acceptors (Lipinski definition) is 0. The second-order valence-electron chi connectivity index (χ2n) is 2.96. The topological polar surface area (TPSA) is 0 Å². The van der Waals surface area contributed by atoms with Crippen LogP contribution in [0.25, 0.3) is 0 Å².